The Labute approximate surface area is 162 Å². The van der Waals surface area contributed by atoms with Gasteiger partial charge in [-0.3, -0.25) is 4.79 Å². The Morgan fingerprint density at radius 3 is 2.79 bits per heavy atom. The van der Waals surface area contributed by atoms with E-state index in [1.54, 1.807) is 19.4 Å². The van der Waals surface area contributed by atoms with Crippen molar-refractivity contribution >= 4 is 17.3 Å². The number of amides is 1. The molecule has 1 aliphatic heterocycles. The Hall–Kier alpha value is -3.74. The van der Waals surface area contributed by atoms with Gasteiger partial charge in [0.05, 0.1) is 19.0 Å². The molecule has 7 heteroatoms. The molecule has 4 rings (SSSR count). The molecular formula is C21H19N3O4. The second kappa shape index (κ2) is 7.87. The van der Waals surface area contributed by atoms with Crippen LogP contribution < -0.4 is 24.8 Å². The van der Waals surface area contributed by atoms with Crippen LogP contribution >= 0.6 is 0 Å². The van der Waals surface area contributed by atoms with Gasteiger partial charge in [-0.25, -0.2) is 4.98 Å². The van der Waals surface area contributed by atoms with Crippen molar-refractivity contribution in [3.8, 4) is 17.2 Å². The molecule has 0 unspecified atom stereocenters. The van der Waals surface area contributed by atoms with Gasteiger partial charge < -0.3 is 24.8 Å². The van der Waals surface area contributed by atoms with Crippen LogP contribution in [0, 0.1) is 0 Å². The fraction of sp³-hybridized carbons (Fsp3) is 0.143. The molecule has 0 radical (unpaired) electrons. The number of pyridine rings is 1. The van der Waals surface area contributed by atoms with Crippen molar-refractivity contribution in [3.63, 3.8) is 0 Å². The maximum atomic E-state index is 12.3. The van der Waals surface area contributed by atoms with Gasteiger partial charge >= 0.3 is 0 Å². The maximum absolute atomic E-state index is 12.3. The summed E-state index contributed by atoms with van der Waals surface area (Å²) in [5.74, 6) is 1.93. The fourth-order valence-corrected chi connectivity index (χ4v) is 2.79. The van der Waals surface area contributed by atoms with Gasteiger partial charge in [-0.05, 0) is 42.0 Å². The number of nitrogens with one attached hydrogen (secondary N) is 2. The molecule has 0 spiro atoms. The summed E-state index contributed by atoms with van der Waals surface area (Å²) in [6, 6.07) is 16.6. The second-order valence-electron chi connectivity index (χ2n) is 6.16. The molecule has 0 bridgehead atoms. The smallest absolute Gasteiger partial charge is 0.270 e. The van der Waals surface area contributed by atoms with E-state index < -0.39 is 0 Å². The summed E-state index contributed by atoms with van der Waals surface area (Å²) >= 11 is 0. The number of carbonyl (C=O) groups excluding carboxylic acids is 1. The predicted molar refractivity (Wildman–Crippen MR) is 104 cm³/mol. The minimum Gasteiger partial charge on any atom is -0.497 e. The number of fused-ring (bicyclic) bond motifs is 1. The number of hydrogen-bond acceptors (Lipinski definition) is 6. The summed E-state index contributed by atoms with van der Waals surface area (Å²) in [5.41, 5.74) is 2.92. The van der Waals surface area contributed by atoms with Crippen molar-refractivity contribution in [2.24, 2.45) is 0 Å². The minimum absolute atomic E-state index is 0.227. The number of benzene rings is 2. The first-order chi connectivity index (χ1) is 13.7. The fourth-order valence-electron chi connectivity index (χ4n) is 2.79. The lowest BCUT2D eigenvalue weighted by molar-refractivity contribution is 0.0946. The number of rotatable bonds is 6. The van der Waals surface area contributed by atoms with Crippen LogP contribution in [0.5, 0.6) is 17.2 Å². The van der Waals surface area contributed by atoms with Crippen molar-refractivity contribution in [1.82, 2.24) is 10.3 Å². The molecule has 0 fully saturated rings. The molecule has 1 aliphatic rings. The molecule has 1 amide bonds. The molecule has 142 valence electrons. The summed E-state index contributed by atoms with van der Waals surface area (Å²) in [4.78, 5) is 16.6. The number of hydrogen-bond donors (Lipinski definition) is 2. The van der Waals surface area contributed by atoms with Gasteiger partial charge in [-0.2, -0.15) is 0 Å². The molecule has 28 heavy (non-hydrogen) atoms. The van der Waals surface area contributed by atoms with E-state index in [4.69, 9.17) is 14.2 Å². The van der Waals surface area contributed by atoms with Crippen LogP contribution in [0.15, 0.2) is 60.8 Å². The standard InChI is InChI=1S/C21H19N3O4/c1-26-17-4-2-3-15(10-17)24-16-6-7-18(22-12-16)21(25)23-11-14-5-8-19-20(9-14)28-13-27-19/h2-10,12,24H,11,13H2,1H3,(H,23,25). The van der Waals surface area contributed by atoms with Crippen LogP contribution in [0.1, 0.15) is 16.1 Å². The Balaban J connectivity index is 1.36. The zero-order valence-corrected chi connectivity index (χ0v) is 15.3. The molecule has 2 heterocycles. The lowest BCUT2D eigenvalue weighted by atomic mass is 10.2. The summed E-state index contributed by atoms with van der Waals surface area (Å²) in [6.07, 6.45) is 1.62. The Morgan fingerprint density at radius 2 is 1.96 bits per heavy atom. The first-order valence-corrected chi connectivity index (χ1v) is 8.75. The first kappa shape index (κ1) is 17.7. The van der Waals surface area contributed by atoms with Crippen LogP contribution in [0.2, 0.25) is 0 Å². The normalized spacial score (nSPS) is 11.8. The van der Waals surface area contributed by atoms with Crippen molar-refractivity contribution in [2.75, 3.05) is 19.2 Å². The van der Waals surface area contributed by atoms with Crippen LogP contribution in [0.4, 0.5) is 11.4 Å². The van der Waals surface area contributed by atoms with Gasteiger partial charge in [-0.15, -0.1) is 0 Å². The molecule has 0 atom stereocenters. The number of anilines is 2. The molecule has 0 aliphatic carbocycles. The number of carbonyl (C=O) groups is 1. The van der Waals surface area contributed by atoms with E-state index in [0.29, 0.717) is 18.0 Å². The van der Waals surface area contributed by atoms with Crippen molar-refractivity contribution in [1.29, 1.82) is 0 Å². The van der Waals surface area contributed by atoms with E-state index in [-0.39, 0.29) is 12.7 Å². The zero-order chi connectivity index (χ0) is 19.3. The lowest BCUT2D eigenvalue weighted by Crippen LogP contribution is -2.23. The molecule has 1 aromatic heterocycles. The van der Waals surface area contributed by atoms with E-state index in [1.807, 2.05) is 48.5 Å². The minimum atomic E-state index is -0.245. The number of nitrogens with zero attached hydrogens (tertiary/aromatic N) is 1. The lowest BCUT2D eigenvalue weighted by Gasteiger charge is -2.09. The first-order valence-electron chi connectivity index (χ1n) is 8.75. The maximum Gasteiger partial charge on any atom is 0.270 e. The van der Waals surface area contributed by atoms with Gasteiger partial charge in [0.15, 0.2) is 11.5 Å². The van der Waals surface area contributed by atoms with Gasteiger partial charge in [0.2, 0.25) is 6.79 Å². The number of ether oxygens (including phenoxy) is 3. The molecule has 2 N–H and O–H groups in total. The molecule has 7 nitrogen and oxygen atoms in total. The third-order valence-corrected chi connectivity index (χ3v) is 4.24. The second-order valence-corrected chi connectivity index (χ2v) is 6.16. The highest BCUT2D eigenvalue weighted by atomic mass is 16.7. The van der Waals surface area contributed by atoms with E-state index in [9.17, 15) is 4.79 Å². The summed E-state index contributed by atoms with van der Waals surface area (Å²) < 4.78 is 15.8. The summed E-state index contributed by atoms with van der Waals surface area (Å²) in [7, 11) is 1.62. The van der Waals surface area contributed by atoms with E-state index in [2.05, 4.69) is 15.6 Å². The van der Waals surface area contributed by atoms with Crippen molar-refractivity contribution in [3.05, 3.63) is 72.1 Å². The van der Waals surface area contributed by atoms with E-state index >= 15 is 0 Å². The van der Waals surface area contributed by atoms with Crippen molar-refractivity contribution in [2.45, 2.75) is 6.54 Å². The van der Waals surface area contributed by atoms with Gasteiger partial charge in [0.25, 0.3) is 5.91 Å². The van der Waals surface area contributed by atoms with Crippen molar-refractivity contribution < 1.29 is 19.0 Å². The SMILES string of the molecule is COc1cccc(Nc2ccc(C(=O)NCc3ccc4c(c3)OCO4)nc2)c1. The van der Waals surface area contributed by atoms with Crippen LogP contribution in [0.25, 0.3) is 0 Å². The highest BCUT2D eigenvalue weighted by Gasteiger charge is 2.14. The summed E-state index contributed by atoms with van der Waals surface area (Å²) in [5, 5.41) is 6.08. The zero-order valence-electron chi connectivity index (χ0n) is 15.3. The molecule has 0 saturated heterocycles. The molecule has 2 aromatic carbocycles. The highest BCUT2D eigenvalue weighted by Crippen LogP contribution is 2.32. The number of methoxy groups -OCH3 is 1. The van der Waals surface area contributed by atoms with Gasteiger partial charge in [-0.1, -0.05) is 12.1 Å². The Bertz CT molecular complexity index is 989. The van der Waals surface area contributed by atoms with Gasteiger partial charge in [0.1, 0.15) is 11.4 Å². The van der Waals surface area contributed by atoms with E-state index in [1.165, 1.54) is 0 Å². The van der Waals surface area contributed by atoms with Crippen LogP contribution in [-0.2, 0) is 6.54 Å². The number of aromatic nitrogens is 1. The average Bonchev–Trinajstić information content (AvgIpc) is 3.20. The third-order valence-electron chi connectivity index (χ3n) is 4.24. The summed E-state index contributed by atoms with van der Waals surface area (Å²) in [6.45, 7) is 0.603. The third kappa shape index (κ3) is 3.98. The van der Waals surface area contributed by atoms with E-state index in [0.717, 1.165) is 28.4 Å². The largest absolute Gasteiger partial charge is 0.497 e. The van der Waals surface area contributed by atoms with Crippen LogP contribution in [0.3, 0.4) is 0 Å². The Morgan fingerprint density at radius 1 is 1.07 bits per heavy atom. The average molecular weight is 377 g/mol. The highest BCUT2D eigenvalue weighted by molar-refractivity contribution is 5.92. The topological polar surface area (TPSA) is 81.7 Å². The molecular weight excluding hydrogens is 358 g/mol. The molecule has 3 aromatic rings. The van der Waals surface area contributed by atoms with Crippen LogP contribution in [-0.4, -0.2) is 24.8 Å². The Kier molecular flexibility index (Phi) is 4.97. The monoisotopic (exact) mass is 377 g/mol. The molecule has 0 saturated carbocycles. The quantitative estimate of drug-likeness (QED) is 0.684. The van der Waals surface area contributed by atoms with Gasteiger partial charge in [0, 0.05) is 18.3 Å². The predicted octanol–water partition coefficient (Wildman–Crippen LogP) is 3.49.